The monoisotopic (exact) mass is 734 g/mol. The van der Waals surface area contributed by atoms with Crippen LogP contribution < -0.4 is 4.90 Å². The maximum absolute atomic E-state index is 5.49. The number of pyridine rings is 1. The Balaban J connectivity index is 1.06. The third kappa shape index (κ3) is 4.08. The summed E-state index contributed by atoms with van der Waals surface area (Å²) in [6, 6.07) is 76.1. The van der Waals surface area contributed by atoms with Crippen LogP contribution in [-0.4, -0.2) is 4.98 Å². The van der Waals surface area contributed by atoms with E-state index in [2.05, 4.69) is 211 Å². The molecule has 0 unspecified atom stereocenters. The van der Waals surface area contributed by atoms with Gasteiger partial charge in [-0.2, -0.15) is 0 Å². The molecule has 1 aliphatic heterocycles. The van der Waals surface area contributed by atoms with E-state index in [9.17, 15) is 0 Å². The van der Waals surface area contributed by atoms with E-state index < -0.39 is 5.41 Å². The number of rotatable bonds is 3. The Kier molecular flexibility index (Phi) is 6.40. The maximum Gasteiger partial charge on any atom is 0.0830 e. The van der Waals surface area contributed by atoms with Gasteiger partial charge in [0, 0.05) is 21.9 Å². The fourth-order valence-corrected chi connectivity index (χ4v) is 10.7. The molecule has 2 nitrogen and oxygen atoms in total. The zero-order valence-electron chi connectivity index (χ0n) is 31.5. The zero-order chi connectivity index (χ0) is 38.0. The van der Waals surface area contributed by atoms with E-state index in [4.69, 9.17) is 4.98 Å². The summed E-state index contributed by atoms with van der Waals surface area (Å²) in [6.45, 7) is 0. The van der Waals surface area contributed by atoms with E-state index >= 15 is 0 Å². The minimum atomic E-state index is -0.416. The van der Waals surface area contributed by atoms with Crippen molar-refractivity contribution in [2.24, 2.45) is 0 Å². The summed E-state index contributed by atoms with van der Waals surface area (Å²) >= 11 is 0. The van der Waals surface area contributed by atoms with Crippen LogP contribution in [0.25, 0.3) is 77.4 Å². The summed E-state index contributed by atoms with van der Waals surface area (Å²) in [5.41, 5.74) is 21.6. The number of anilines is 3. The van der Waals surface area contributed by atoms with E-state index in [1.165, 1.54) is 83.2 Å². The average Bonchev–Trinajstić information content (AvgIpc) is 3.77. The van der Waals surface area contributed by atoms with Crippen molar-refractivity contribution in [3.8, 4) is 55.8 Å². The fraction of sp³-hybridized carbons (Fsp3) is 0.0179. The summed E-state index contributed by atoms with van der Waals surface area (Å²) in [5, 5.41) is 3.55. The molecule has 1 spiro atoms. The van der Waals surface area contributed by atoms with E-state index in [0.717, 1.165) is 33.5 Å². The topological polar surface area (TPSA) is 16.1 Å². The predicted octanol–water partition coefficient (Wildman–Crippen LogP) is 14.5. The Hall–Kier alpha value is -7.55. The van der Waals surface area contributed by atoms with Crippen LogP contribution in [0.5, 0.6) is 0 Å². The van der Waals surface area contributed by atoms with Gasteiger partial charge in [-0.25, -0.2) is 4.98 Å². The smallest absolute Gasteiger partial charge is 0.0830 e. The molecule has 3 aliphatic rings. The number of nitrogens with zero attached hydrogens (tertiary/aromatic N) is 2. The van der Waals surface area contributed by atoms with Crippen LogP contribution in [0.2, 0.25) is 0 Å². The summed E-state index contributed by atoms with van der Waals surface area (Å²) in [5.74, 6) is 0. The molecule has 0 bridgehead atoms. The van der Waals surface area contributed by atoms with Gasteiger partial charge in [0.15, 0.2) is 0 Å². The van der Waals surface area contributed by atoms with Gasteiger partial charge in [-0.15, -0.1) is 0 Å². The van der Waals surface area contributed by atoms with Crippen LogP contribution in [0, 0.1) is 0 Å². The van der Waals surface area contributed by atoms with Crippen LogP contribution in [0.1, 0.15) is 22.3 Å². The molecule has 2 aliphatic carbocycles. The van der Waals surface area contributed by atoms with Gasteiger partial charge in [0.1, 0.15) is 0 Å². The molecule has 13 rings (SSSR count). The maximum atomic E-state index is 5.49. The molecule has 2 heterocycles. The Morgan fingerprint density at radius 3 is 1.66 bits per heavy atom. The highest BCUT2D eigenvalue weighted by Gasteiger charge is 2.52. The standard InChI is InChI=1S/C56H34N2/c1-2-15-35(16-3-1)36-17-12-18-37(33-36)38-31-32-49-44(34-38)41-23-13-29-52-54(41)55(57-49)43-22-7-11-28-50(43)58(52)51-30-14-27-48-53(51)42-21-6-10-26-47(42)56(48)45-24-8-4-19-39(45)40-20-5-9-25-46(40)56/h1-34H. The first kappa shape index (κ1) is 31.6. The van der Waals surface area contributed by atoms with Gasteiger partial charge in [0.25, 0.3) is 0 Å². The quantitative estimate of drug-likeness (QED) is 0.168. The Morgan fingerprint density at radius 2 is 0.879 bits per heavy atom. The second kappa shape index (κ2) is 11.7. The molecule has 268 valence electrons. The molecule has 0 fully saturated rings. The minimum absolute atomic E-state index is 0.416. The SMILES string of the molecule is c1ccc(-c2cccc(-c3ccc4nc5c6c(cccc6c4c3)N(c3cccc4c3-c3ccccc3C43c4ccccc4-c4ccccc43)c3ccccc3-5)c2)cc1. The molecule has 0 atom stereocenters. The number of hydrogen-bond acceptors (Lipinski definition) is 2. The van der Waals surface area contributed by atoms with Crippen molar-refractivity contribution < 1.29 is 0 Å². The first-order valence-electron chi connectivity index (χ1n) is 20.1. The van der Waals surface area contributed by atoms with Gasteiger partial charge in [-0.1, -0.05) is 170 Å². The first-order valence-corrected chi connectivity index (χ1v) is 20.1. The third-order valence-corrected chi connectivity index (χ3v) is 13.0. The van der Waals surface area contributed by atoms with Crippen LogP contribution in [0.3, 0.4) is 0 Å². The van der Waals surface area contributed by atoms with Crippen molar-refractivity contribution in [3.05, 3.63) is 229 Å². The van der Waals surface area contributed by atoms with Crippen molar-refractivity contribution in [1.29, 1.82) is 0 Å². The van der Waals surface area contributed by atoms with Gasteiger partial charge in [-0.3, -0.25) is 0 Å². The molecule has 2 heteroatoms. The number of para-hydroxylation sites is 1. The molecule has 0 N–H and O–H groups in total. The van der Waals surface area contributed by atoms with Gasteiger partial charge < -0.3 is 4.90 Å². The highest BCUT2D eigenvalue weighted by Crippen LogP contribution is 2.65. The van der Waals surface area contributed by atoms with Crippen LogP contribution in [0.15, 0.2) is 206 Å². The van der Waals surface area contributed by atoms with Gasteiger partial charge in [0.05, 0.1) is 33.7 Å². The molecule has 1 aromatic heterocycles. The largest absolute Gasteiger partial charge is 0.308 e. The molecule has 0 radical (unpaired) electrons. The molecule has 58 heavy (non-hydrogen) atoms. The van der Waals surface area contributed by atoms with Gasteiger partial charge >= 0.3 is 0 Å². The number of aromatic nitrogens is 1. The first-order chi connectivity index (χ1) is 28.8. The second-order valence-electron chi connectivity index (χ2n) is 15.8. The van der Waals surface area contributed by atoms with Crippen LogP contribution in [-0.2, 0) is 5.41 Å². The van der Waals surface area contributed by atoms with Crippen molar-refractivity contribution in [2.45, 2.75) is 5.41 Å². The lowest BCUT2D eigenvalue weighted by atomic mass is 9.70. The van der Waals surface area contributed by atoms with E-state index in [-0.39, 0.29) is 0 Å². The molecule has 10 aromatic rings. The lowest BCUT2D eigenvalue weighted by Crippen LogP contribution is -2.26. The molecule has 0 saturated heterocycles. The normalized spacial score (nSPS) is 13.6. The van der Waals surface area contributed by atoms with Crippen LogP contribution in [0.4, 0.5) is 17.1 Å². The predicted molar refractivity (Wildman–Crippen MR) is 240 cm³/mol. The van der Waals surface area contributed by atoms with Crippen molar-refractivity contribution in [1.82, 2.24) is 4.98 Å². The number of benzene rings is 9. The van der Waals surface area contributed by atoms with E-state index in [1.807, 2.05) is 0 Å². The highest BCUT2D eigenvalue weighted by atomic mass is 15.2. The molecular weight excluding hydrogens is 701 g/mol. The van der Waals surface area contributed by atoms with E-state index in [1.54, 1.807) is 0 Å². The van der Waals surface area contributed by atoms with Gasteiger partial charge in [-0.05, 0) is 103 Å². The highest BCUT2D eigenvalue weighted by molar-refractivity contribution is 6.21. The Labute approximate surface area is 337 Å². The lowest BCUT2D eigenvalue weighted by Gasteiger charge is -2.35. The molecule has 9 aromatic carbocycles. The molecule has 0 amide bonds. The molecule has 0 saturated carbocycles. The Morgan fingerprint density at radius 1 is 0.345 bits per heavy atom. The van der Waals surface area contributed by atoms with Crippen molar-refractivity contribution >= 4 is 38.7 Å². The van der Waals surface area contributed by atoms with E-state index in [0.29, 0.717) is 0 Å². The average molecular weight is 735 g/mol. The lowest BCUT2D eigenvalue weighted by molar-refractivity contribution is 0.794. The summed E-state index contributed by atoms with van der Waals surface area (Å²) in [7, 11) is 0. The summed E-state index contributed by atoms with van der Waals surface area (Å²) in [6.07, 6.45) is 0. The van der Waals surface area contributed by atoms with Gasteiger partial charge in [0.2, 0.25) is 0 Å². The Bertz CT molecular complexity index is 3310. The number of fused-ring (bicyclic) bond motifs is 14. The third-order valence-electron chi connectivity index (χ3n) is 13.0. The van der Waals surface area contributed by atoms with Crippen molar-refractivity contribution in [3.63, 3.8) is 0 Å². The fourth-order valence-electron chi connectivity index (χ4n) is 10.7. The van der Waals surface area contributed by atoms with Crippen LogP contribution >= 0.6 is 0 Å². The molecular formula is C56H34N2. The summed E-state index contributed by atoms with van der Waals surface area (Å²) in [4.78, 5) is 8.01. The second-order valence-corrected chi connectivity index (χ2v) is 15.8. The minimum Gasteiger partial charge on any atom is -0.308 e. The van der Waals surface area contributed by atoms with Crippen molar-refractivity contribution in [2.75, 3.05) is 4.90 Å². The summed E-state index contributed by atoms with van der Waals surface area (Å²) < 4.78 is 0. The zero-order valence-corrected chi connectivity index (χ0v) is 31.5. The number of hydrogen-bond donors (Lipinski definition) is 0.